The van der Waals surface area contributed by atoms with Crippen molar-refractivity contribution in [2.45, 2.75) is 157 Å². The van der Waals surface area contributed by atoms with E-state index < -0.39 is 49.0 Å². The number of hydrogen-bond donors (Lipinski definition) is 1. The summed E-state index contributed by atoms with van der Waals surface area (Å²) in [6.07, 6.45) is 5.76. The normalized spacial score (nSPS) is 14.2. The molecule has 0 radical (unpaired) electrons. The Bertz CT molecular complexity index is 1080. The monoisotopic (exact) mass is 832 g/mol. The van der Waals surface area contributed by atoms with E-state index in [0.29, 0.717) is 9.15 Å². The van der Waals surface area contributed by atoms with E-state index in [1.54, 1.807) is 0 Å². The number of alkyl halides is 3. The summed E-state index contributed by atoms with van der Waals surface area (Å²) in [6, 6.07) is 13.9. The van der Waals surface area contributed by atoms with Crippen LogP contribution in [0, 0.1) is 0 Å². The molecule has 2 rings (SSSR count). The number of rotatable bonds is 22. The molecule has 2 aromatic carbocycles. The zero-order valence-corrected chi connectivity index (χ0v) is 34.6. The van der Waals surface area contributed by atoms with Crippen molar-refractivity contribution in [2.75, 3.05) is 0 Å². The number of benzene rings is 2. The summed E-state index contributed by atoms with van der Waals surface area (Å²) in [7, 11) is 0. The number of aliphatic hydroxyl groups excluding tert-OH is 1. The van der Waals surface area contributed by atoms with Gasteiger partial charge in [-0.2, -0.15) is 0 Å². The van der Waals surface area contributed by atoms with Crippen molar-refractivity contribution in [3.05, 3.63) is 55.2 Å². The van der Waals surface area contributed by atoms with Gasteiger partial charge >= 0.3 is 279 Å². The molecule has 6 heteroatoms. The van der Waals surface area contributed by atoms with E-state index in [9.17, 15) is 5.11 Å². The van der Waals surface area contributed by atoms with E-state index in [-0.39, 0.29) is 3.59 Å². The molecule has 0 saturated heterocycles. The molecule has 0 fully saturated rings. The van der Waals surface area contributed by atoms with Crippen LogP contribution in [0.4, 0.5) is 13.2 Å². The second-order valence-electron chi connectivity index (χ2n) is 13.4. The van der Waals surface area contributed by atoms with Crippen molar-refractivity contribution in [3.63, 3.8) is 0 Å². The molecular formula is C38H63F3OSn2. The van der Waals surface area contributed by atoms with Crippen LogP contribution in [0.25, 0.3) is 10.8 Å². The van der Waals surface area contributed by atoms with Gasteiger partial charge in [0.2, 0.25) is 0 Å². The number of unbranched alkanes of at least 4 members (excludes halogenated alkanes) is 6. The van der Waals surface area contributed by atoms with E-state index in [4.69, 9.17) is 0 Å². The van der Waals surface area contributed by atoms with Gasteiger partial charge in [-0.15, -0.1) is 0 Å². The molecule has 44 heavy (non-hydrogen) atoms. The Morgan fingerprint density at radius 3 is 1.39 bits per heavy atom. The Kier molecular flexibility index (Phi) is 18.4. The fourth-order valence-electron chi connectivity index (χ4n) is 7.70. The van der Waals surface area contributed by atoms with E-state index in [0.717, 1.165) is 114 Å². The predicted molar refractivity (Wildman–Crippen MR) is 192 cm³/mol. The van der Waals surface area contributed by atoms with Crippen molar-refractivity contribution in [3.8, 4) is 0 Å². The van der Waals surface area contributed by atoms with Crippen molar-refractivity contribution < 1.29 is 18.3 Å². The molecule has 0 saturated carbocycles. The Hall–Kier alpha value is -0.213. The van der Waals surface area contributed by atoms with Crippen molar-refractivity contribution in [1.29, 1.82) is 0 Å². The SMILES string of the molecule is CCC[CH2][Sn]([CH2]CCC)([CH2]CCC)/[C](=[C](/C(F)(F)F)[Sn]([CH2]CCC)([CH2]CCC)[CH2]CCC)C(O)c1cccc2ccccc12. The number of hydrogen-bond acceptors (Lipinski definition) is 1. The summed E-state index contributed by atoms with van der Waals surface area (Å²) < 4.78 is 54.7. The summed E-state index contributed by atoms with van der Waals surface area (Å²) in [5, 5.41) is 14.7. The maximum absolute atomic E-state index is 16.4. The maximum atomic E-state index is 16.4. The average Bonchev–Trinajstić information content (AvgIpc) is 3.02. The van der Waals surface area contributed by atoms with E-state index in [1.807, 2.05) is 42.5 Å². The Labute approximate surface area is 276 Å². The zero-order chi connectivity index (χ0) is 32.6. The molecule has 0 heterocycles. The second-order valence-corrected chi connectivity index (χ2v) is 39.6. The van der Waals surface area contributed by atoms with Crippen LogP contribution in [0.3, 0.4) is 0 Å². The molecule has 0 spiro atoms. The topological polar surface area (TPSA) is 20.2 Å². The fraction of sp³-hybridized carbons (Fsp3) is 0.684. The molecule has 0 aromatic heterocycles. The summed E-state index contributed by atoms with van der Waals surface area (Å²) >= 11 is -7.93. The molecule has 0 amide bonds. The predicted octanol–water partition coefficient (Wildman–Crippen LogP) is 13.5. The van der Waals surface area contributed by atoms with E-state index in [1.165, 1.54) is 0 Å². The van der Waals surface area contributed by atoms with Crippen LogP contribution in [-0.4, -0.2) is 48.0 Å². The zero-order valence-electron chi connectivity index (χ0n) is 28.9. The molecule has 0 aliphatic heterocycles. The third-order valence-corrected chi connectivity index (χ3v) is 43.9. The molecule has 2 aromatic rings. The first-order valence-corrected chi connectivity index (χ1v) is 33.1. The summed E-state index contributed by atoms with van der Waals surface area (Å²) in [4.78, 5) is 0. The van der Waals surface area contributed by atoms with Crippen LogP contribution in [0.1, 0.15) is 130 Å². The number of aliphatic hydroxyl groups is 1. The van der Waals surface area contributed by atoms with Gasteiger partial charge in [-0.05, 0) is 0 Å². The molecule has 1 atom stereocenters. The number of fused-ring (bicyclic) bond motifs is 1. The fourth-order valence-corrected chi connectivity index (χ4v) is 52.0. The van der Waals surface area contributed by atoms with Crippen LogP contribution in [-0.2, 0) is 0 Å². The standard InChI is InChI=1S/C14H9F3O.6C4H9.2Sn/c15-14(16,17)9-8-13(18)12-7-3-5-10-4-1-2-6-11(10)12;6*1-3-4-2;;/h1-7,13,18H;6*1,3-4H2,2H3;;. The van der Waals surface area contributed by atoms with Crippen LogP contribution >= 0.6 is 0 Å². The minimum absolute atomic E-state index is 0.0540. The summed E-state index contributed by atoms with van der Waals surface area (Å²) in [5.74, 6) is 0. The number of halogens is 3. The first kappa shape index (κ1) is 40.0. The summed E-state index contributed by atoms with van der Waals surface area (Å²) in [6.45, 7) is 12.9. The van der Waals surface area contributed by atoms with Crippen LogP contribution in [0.15, 0.2) is 49.6 Å². The van der Waals surface area contributed by atoms with Gasteiger partial charge in [0.05, 0.1) is 0 Å². The quantitative estimate of drug-likeness (QED) is 0.117. The summed E-state index contributed by atoms with van der Waals surface area (Å²) in [5.41, 5.74) is 0.701. The van der Waals surface area contributed by atoms with Gasteiger partial charge < -0.3 is 0 Å². The van der Waals surface area contributed by atoms with Crippen LogP contribution in [0.5, 0.6) is 0 Å². The third kappa shape index (κ3) is 10.7. The van der Waals surface area contributed by atoms with Crippen LogP contribution in [0.2, 0.25) is 26.6 Å². The average molecular weight is 830 g/mol. The first-order chi connectivity index (χ1) is 21.1. The molecule has 0 aliphatic rings. The van der Waals surface area contributed by atoms with Crippen molar-refractivity contribution in [2.24, 2.45) is 0 Å². The van der Waals surface area contributed by atoms with Crippen LogP contribution < -0.4 is 0 Å². The molecule has 1 nitrogen and oxygen atoms in total. The molecule has 0 bridgehead atoms. The molecule has 250 valence electrons. The first-order valence-electron chi connectivity index (χ1n) is 18.1. The molecule has 1 N–H and O–H groups in total. The van der Waals surface area contributed by atoms with Gasteiger partial charge in [0, 0.05) is 0 Å². The van der Waals surface area contributed by atoms with Gasteiger partial charge in [0.25, 0.3) is 0 Å². The number of allylic oxidation sites excluding steroid dienone is 1. The van der Waals surface area contributed by atoms with Gasteiger partial charge in [0.15, 0.2) is 0 Å². The Balaban J connectivity index is 3.22. The van der Waals surface area contributed by atoms with Gasteiger partial charge in [-0.25, -0.2) is 0 Å². The van der Waals surface area contributed by atoms with Gasteiger partial charge in [-0.3, -0.25) is 0 Å². The Morgan fingerprint density at radius 2 is 0.977 bits per heavy atom. The Morgan fingerprint density at radius 1 is 0.591 bits per heavy atom. The van der Waals surface area contributed by atoms with Gasteiger partial charge in [0.1, 0.15) is 0 Å². The van der Waals surface area contributed by atoms with E-state index in [2.05, 4.69) is 41.5 Å². The van der Waals surface area contributed by atoms with Gasteiger partial charge in [-0.1, -0.05) is 0 Å². The van der Waals surface area contributed by atoms with E-state index >= 15 is 13.2 Å². The molecular weight excluding hydrogens is 767 g/mol. The molecule has 1 unspecified atom stereocenters. The second kappa shape index (κ2) is 20.2. The van der Waals surface area contributed by atoms with Crippen molar-refractivity contribution in [1.82, 2.24) is 0 Å². The van der Waals surface area contributed by atoms with Crippen molar-refractivity contribution >= 4 is 47.5 Å². The third-order valence-electron chi connectivity index (χ3n) is 10.1. The molecule has 0 aliphatic carbocycles. The minimum atomic E-state index is -4.39.